The van der Waals surface area contributed by atoms with Crippen LogP contribution in [0.4, 0.5) is 0 Å². The van der Waals surface area contributed by atoms with Gasteiger partial charge in [0.1, 0.15) is 5.82 Å². The van der Waals surface area contributed by atoms with Crippen molar-refractivity contribution in [3.8, 4) is 0 Å². The first-order valence-electron chi connectivity index (χ1n) is 5.06. The third-order valence-corrected chi connectivity index (χ3v) is 2.29. The van der Waals surface area contributed by atoms with Crippen LogP contribution in [0.1, 0.15) is 31.8 Å². The molecule has 2 N–H and O–H groups in total. The predicted octanol–water partition coefficient (Wildman–Crippen LogP) is 1.36. The van der Waals surface area contributed by atoms with Gasteiger partial charge in [0, 0.05) is 24.9 Å². The molecule has 0 aromatic carbocycles. The first-order chi connectivity index (χ1) is 6.33. The molecule has 1 rings (SSSR count). The number of aryl methyl sites for hydroxylation is 2. The molecule has 0 radical (unpaired) electrons. The van der Waals surface area contributed by atoms with Crippen LogP contribution in [0.25, 0.3) is 0 Å². The summed E-state index contributed by atoms with van der Waals surface area (Å²) >= 11 is 0. The van der Waals surface area contributed by atoms with E-state index in [2.05, 4.69) is 23.4 Å². The van der Waals surface area contributed by atoms with Crippen LogP contribution >= 0.6 is 0 Å². The summed E-state index contributed by atoms with van der Waals surface area (Å²) in [6, 6.07) is 0. The number of hydrogen-bond acceptors (Lipinski definition) is 2. The van der Waals surface area contributed by atoms with Crippen molar-refractivity contribution in [2.24, 2.45) is 5.73 Å². The van der Waals surface area contributed by atoms with Gasteiger partial charge < -0.3 is 10.3 Å². The highest BCUT2D eigenvalue weighted by Crippen LogP contribution is 2.07. The fourth-order valence-electron chi connectivity index (χ4n) is 1.54. The number of aromatic nitrogens is 2. The second-order valence-electron chi connectivity index (χ2n) is 3.17. The molecule has 0 atom stereocenters. The molecule has 0 fully saturated rings. The third kappa shape index (κ3) is 2.31. The van der Waals surface area contributed by atoms with Gasteiger partial charge in [-0.25, -0.2) is 4.98 Å². The van der Waals surface area contributed by atoms with Gasteiger partial charge in [0.15, 0.2) is 0 Å². The molecule has 0 amide bonds. The van der Waals surface area contributed by atoms with E-state index in [0.29, 0.717) is 0 Å². The van der Waals surface area contributed by atoms with Crippen molar-refractivity contribution in [1.29, 1.82) is 0 Å². The number of rotatable bonds is 5. The maximum atomic E-state index is 5.49. The molecule has 0 saturated heterocycles. The Bertz CT molecular complexity index is 231. The van der Waals surface area contributed by atoms with Gasteiger partial charge in [-0.15, -0.1) is 0 Å². The monoisotopic (exact) mass is 181 g/mol. The number of hydrogen-bond donors (Lipinski definition) is 1. The number of imidazole rings is 1. The molecule has 0 saturated carbocycles. The lowest BCUT2D eigenvalue weighted by Crippen LogP contribution is -2.10. The molecule has 1 aromatic rings. The zero-order valence-corrected chi connectivity index (χ0v) is 8.58. The highest BCUT2D eigenvalue weighted by atomic mass is 15.1. The number of nitrogens with two attached hydrogens (primary N) is 1. The maximum absolute atomic E-state index is 5.49. The topological polar surface area (TPSA) is 43.8 Å². The van der Waals surface area contributed by atoms with Crippen LogP contribution in [0.2, 0.25) is 0 Å². The van der Waals surface area contributed by atoms with Crippen molar-refractivity contribution in [3.63, 3.8) is 0 Å². The summed E-state index contributed by atoms with van der Waals surface area (Å²) in [5.41, 5.74) is 6.82. The zero-order chi connectivity index (χ0) is 9.68. The Kier molecular flexibility index (Phi) is 3.96. The molecule has 3 heteroatoms. The lowest BCUT2D eigenvalue weighted by atomic mass is 10.3. The van der Waals surface area contributed by atoms with E-state index >= 15 is 0 Å². The van der Waals surface area contributed by atoms with Crippen LogP contribution in [0.15, 0.2) is 6.20 Å². The highest BCUT2D eigenvalue weighted by molar-refractivity contribution is 5.05. The summed E-state index contributed by atoms with van der Waals surface area (Å²) in [6.45, 7) is 6.07. The Labute approximate surface area is 80.0 Å². The van der Waals surface area contributed by atoms with E-state index in [1.165, 1.54) is 11.5 Å². The van der Waals surface area contributed by atoms with Gasteiger partial charge >= 0.3 is 0 Å². The zero-order valence-electron chi connectivity index (χ0n) is 8.58. The first-order valence-corrected chi connectivity index (χ1v) is 5.06. The molecule has 0 bridgehead atoms. The molecular weight excluding hydrogens is 162 g/mol. The fraction of sp³-hybridized carbons (Fsp3) is 0.700. The molecule has 0 aliphatic heterocycles. The summed E-state index contributed by atoms with van der Waals surface area (Å²) < 4.78 is 2.30. The minimum Gasteiger partial charge on any atom is -0.332 e. The Balaban J connectivity index is 2.78. The van der Waals surface area contributed by atoms with Crippen LogP contribution in [0.5, 0.6) is 0 Å². The third-order valence-electron chi connectivity index (χ3n) is 2.29. The van der Waals surface area contributed by atoms with Crippen molar-refractivity contribution in [1.82, 2.24) is 9.55 Å². The van der Waals surface area contributed by atoms with Crippen molar-refractivity contribution < 1.29 is 0 Å². The molecule has 3 nitrogen and oxygen atoms in total. The van der Waals surface area contributed by atoms with Crippen molar-refractivity contribution in [3.05, 3.63) is 17.7 Å². The van der Waals surface area contributed by atoms with Crippen LogP contribution in [0.3, 0.4) is 0 Å². The van der Waals surface area contributed by atoms with Gasteiger partial charge in [-0.05, 0) is 19.4 Å². The van der Waals surface area contributed by atoms with Gasteiger partial charge in [-0.3, -0.25) is 0 Å². The van der Waals surface area contributed by atoms with Gasteiger partial charge in [0.25, 0.3) is 0 Å². The van der Waals surface area contributed by atoms with Crippen molar-refractivity contribution in [2.75, 3.05) is 6.54 Å². The predicted molar refractivity (Wildman–Crippen MR) is 54.7 cm³/mol. The quantitative estimate of drug-likeness (QED) is 0.745. The lowest BCUT2D eigenvalue weighted by molar-refractivity contribution is 0.600. The van der Waals surface area contributed by atoms with Gasteiger partial charge in [0.05, 0.1) is 0 Å². The Morgan fingerprint density at radius 2 is 2.15 bits per heavy atom. The fourth-order valence-corrected chi connectivity index (χ4v) is 1.54. The van der Waals surface area contributed by atoms with Crippen LogP contribution in [-0.2, 0) is 19.4 Å². The summed E-state index contributed by atoms with van der Waals surface area (Å²) in [5, 5.41) is 0. The molecule has 0 aliphatic carbocycles. The van der Waals surface area contributed by atoms with E-state index in [-0.39, 0.29) is 0 Å². The second-order valence-corrected chi connectivity index (χ2v) is 3.17. The largest absolute Gasteiger partial charge is 0.332 e. The summed E-state index contributed by atoms with van der Waals surface area (Å²) in [7, 11) is 0. The Morgan fingerprint density at radius 3 is 2.69 bits per heavy atom. The lowest BCUT2D eigenvalue weighted by Gasteiger charge is -2.08. The van der Waals surface area contributed by atoms with E-state index < -0.39 is 0 Å². The molecule has 13 heavy (non-hydrogen) atoms. The summed E-state index contributed by atoms with van der Waals surface area (Å²) in [5.74, 6) is 1.19. The Hall–Kier alpha value is -0.830. The van der Waals surface area contributed by atoms with Crippen molar-refractivity contribution in [2.45, 2.75) is 39.7 Å². The molecule has 0 unspecified atom stereocenters. The number of nitrogens with zero attached hydrogens (tertiary/aromatic N) is 2. The van der Waals surface area contributed by atoms with E-state index in [0.717, 1.165) is 32.4 Å². The average molecular weight is 181 g/mol. The van der Waals surface area contributed by atoms with Crippen molar-refractivity contribution >= 4 is 0 Å². The summed E-state index contributed by atoms with van der Waals surface area (Å²) in [4.78, 5) is 4.38. The Morgan fingerprint density at radius 1 is 1.38 bits per heavy atom. The van der Waals surface area contributed by atoms with Crippen LogP contribution < -0.4 is 5.73 Å². The average Bonchev–Trinajstić information content (AvgIpc) is 2.56. The van der Waals surface area contributed by atoms with Gasteiger partial charge in [-0.2, -0.15) is 0 Å². The minimum atomic E-state index is 0.754. The van der Waals surface area contributed by atoms with E-state index in [1.54, 1.807) is 0 Å². The maximum Gasteiger partial charge on any atom is 0.108 e. The van der Waals surface area contributed by atoms with E-state index in [1.807, 2.05) is 6.20 Å². The highest BCUT2D eigenvalue weighted by Gasteiger charge is 2.05. The SMILES string of the molecule is CCc1cnc(CC)n1CCCN. The van der Waals surface area contributed by atoms with E-state index in [4.69, 9.17) is 5.73 Å². The van der Waals surface area contributed by atoms with E-state index in [9.17, 15) is 0 Å². The van der Waals surface area contributed by atoms with Crippen LogP contribution in [0, 0.1) is 0 Å². The smallest absolute Gasteiger partial charge is 0.108 e. The summed E-state index contributed by atoms with van der Waals surface area (Å²) in [6.07, 6.45) is 5.08. The molecular formula is C10H19N3. The molecule has 0 aliphatic rings. The first kappa shape index (κ1) is 10.3. The minimum absolute atomic E-state index is 0.754. The molecule has 0 spiro atoms. The van der Waals surface area contributed by atoms with Gasteiger partial charge in [-0.1, -0.05) is 13.8 Å². The molecule has 1 aromatic heterocycles. The standard InChI is InChI=1S/C10H19N3/c1-3-9-8-12-10(4-2)13(9)7-5-6-11/h8H,3-7,11H2,1-2H3. The second kappa shape index (κ2) is 5.02. The normalized spacial score (nSPS) is 10.7. The molecule has 74 valence electrons. The van der Waals surface area contributed by atoms with Crippen LogP contribution in [-0.4, -0.2) is 16.1 Å². The molecule has 1 heterocycles. The van der Waals surface area contributed by atoms with Gasteiger partial charge in [0.2, 0.25) is 0 Å².